The topological polar surface area (TPSA) is 98.2 Å². The van der Waals surface area contributed by atoms with E-state index in [9.17, 15) is 13.2 Å². The molecule has 1 N–H and O–H groups in total. The molecule has 0 fully saturated rings. The minimum absolute atomic E-state index is 0.0366. The second-order valence-electron chi connectivity index (χ2n) is 4.48. The van der Waals surface area contributed by atoms with Crippen LogP contribution in [0.25, 0.3) is 0 Å². The van der Waals surface area contributed by atoms with Crippen molar-refractivity contribution in [3.8, 4) is 5.75 Å². The third-order valence-electron chi connectivity index (χ3n) is 2.74. The Morgan fingerprint density at radius 3 is 2.61 bits per heavy atom. The number of nitrogens with one attached hydrogen (secondary N) is 1. The van der Waals surface area contributed by atoms with Crippen LogP contribution in [0.4, 0.5) is 0 Å². The fraction of sp³-hybridized carbons (Fsp3) is 0.214. The average Bonchev–Trinajstić information content (AvgIpc) is 2.49. The zero-order chi connectivity index (χ0) is 16.9. The normalized spacial score (nSPS) is 11.0. The van der Waals surface area contributed by atoms with Crippen molar-refractivity contribution in [1.82, 2.24) is 14.7 Å². The van der Waals surface area contributed by atoms with Crippen molar-refractivity contribution in [2.45, 2.75) is 18.2 Å². The summed E-state index contributed by atoms with van der Waals surface area (Å²) in [6, 6.07) is 4.28. The van der Waals surface area contributed by atoms with Crippen molar-refractivity contribution in [3.05, 3.63) is 47.0 Å². The number of halogens is 1. The number of carbonyl (C=O) groups excluding carboxylic acids is 1. The first-order chi connectivity index (χ1) is 10.9. The highest BCUT2D eigenvalue weighted by Crippen LogP contribution is 2.27. The van der Waals surface area contributed by atoms with E-state index in [0.717, 1.165) is 0 Å². The summed E-state index contributed by atoms with van der Waals surface area (Å²) in [6.45, 7) is 2.28. The van der Waals surface area contributed by atoms with Crippen LogP contribution < -0.4 is 9.46 Å². The lowest BCUT2D eigenvalue weighted by atomic mass is 10.2. The van der Waals surface area contributed by atoms with Gasteiger partial charge < -0.3 is 4.74 Å². The summed E-state index contributed by atoms with van der Waals surface area (Å²) in [6.07, 6.45) is 4.10. The summed E-state index contributed by atoms with van der Waals surface area (Å²) < 4.78 is 32.3. The quantitative estimate of drug-likeness (QED) is 0.793. The summed E-state index contributed by atoms with van der Waals surface area (Å²) in [5.74, 6) is -0.135. The lowest BCUT2D eigenvalue weighted by molar-refractivity contribution is -0.118. The standard InChI is InChI=1S/C14H14BrN3O4S/c1-2-22-13-4-3-11(6-12(13)15)23(20,21)18-14(19)5-10-7-16-9-17-8-10/h3-4,6-9H,2,5H2,1H3,(H,18,19). The van der Waals surface area contributed by atoms with E-state index in [4.69, 9.17) is 4.74 Å². The highest BCUT2D eigenvalue weighted by Gasteiger charge is 2.19. The molecule has 0 aliphatic rings. The van der Waals surface area contributed by atoms with Gasteiger partial charge in [-0.1, -0.05) is 0 Å². The number of rotatable bonds is 6. The Morgan fingerprint density at radius 1 is 1.30 bits per heavy atom. The van der Waals surface area contributed by atoms with E-state index in [1.165, 1.54) is 36.9 Å². The summed E-state index contributed by atoms with van der Waals surface area (Å²) in [5, 5.41) is 0. The van der Waals surface area contributed by atoms with Gasteiger partial charge in [-0.2, -0.15) is 0 Å². The van der Waals surface area contributed by atoms with Gasteiger partial charge in [0, 0.05) is 12.4 Å². The lowest BCUT2D eigenvalue weighted by Crippen LogP contribution is -2.31. The van der Waals surface area contributed by atoms with Gasteiger partial charge in [0.2, 0.25) is 5.91 Å². The molecule has 1 aromatic heterocycles. The number of nitrogens with zero attached hydrogens (tertiary/aromatic N) is 2. The third kappa shape index (κ3) is 4.73. The molecule has 1 aromatic carbocycles. The molecule has 7 nitrogen and oxygen atoms in total. The number of benzene rings is 1. The fourth-order valence-corrected chi connectivity index (χ4v) is 3.43. The van der Waals surface area contributed by atoms with Crippen molar-refractivity contribution in [3.63, 3.8) is 0 Å². The molecule has 0 radical (unpaired) electrons. The predicted molar refractivity (Wildman–Crippen MR) is 86.4 cm³/mol. The van der Waals surface area contributed by atoms with Crippen LogP contribution in [0.15, 0.2) is 46.3 Å². The zero-order valence-electron chi connectivity index (χ0n) is 12.2. The smallest absolute Gasteiger partial charge is 0.264 e. The maximum Gasteiger partial charge on any atom is 0.264 e. The molecule has 0 bridgehead atoms. The van der Waals surface area contributed by atoms with Crippen LogP contribution in [-0.2, 0) is 21.2 Å². The minimum atomic E-state index is -3.96. The lowest BCUT2D eigenvalue weighted by Gasteiger charge is -2.10. The van der Waals surface area contributed by atoms with Crippen molar-refractivity contribution in [2.24, 2.45) is 0 Å². The number of ether oxygens (including phenoxy) is 1. The minimum Gasteiger partial charge on any atom is -0.493 e. The molecule has 122 valence electrons. The van der Waals surface area contributed by atoms with Crippen LogP contribution in [0.2, 0.25) is 0 Å². The Balaban J connectivity index is 2.12. The maximum atomic E-state index is 12.2. The summed E-state index contributed by atoms with van der Waals surface area (Å²) >= 11 is 3.24. The van der Waals surface area contributed by atoms with Gasteiger partial charge in [0.25, 0.3) is 10.0 Å². The second-order valence-corrected chi connectivity index (χ2v) is 7.01. The van der Waals surface area contributed by atoms with Gasteiger partial charge in [-0.3, -0.25) is 4.79 Å². The highest BCUT2D eigenvalue weighted by molar-refractivity contribution is 9.10. The molecule has 0 saturated carbocycles. The van der Waals surface area contributed by atoms with E-state index >= 15 is 0 Å². The van der Waals surface area contributed by atoms with Gasteiger partial charge in [0.05, 0.1) is 22.4 Å². The van der Waals surface area contributed by atoms with Gasteiger partial charge in [0.15, 0.2) is 0 Å². The number of carbonyl (C=O) groups is 1. The molecule has 0 atom stereocenters. The zero-order valence-corrected chi connectivity index (χ0v) is 14.6. The van der Waals surface area contributed by atoms with Crippen molar-refractivity contribution >= 4 is 31.9 Å². The molecular weight excluding hydrogens is 386 g/mol. The number of sulfonamides is 1. The number of hydrogen-bond donors (Lipinski definition) is 1. The molecule has 0 unspecified atom stereocenters. The van der Waals surface area contributed by atoms with Crippen molar-refractivity contribution in [2.75, 3.05) is 6.61 Å². The van der Waals surface area contributed by atoms with E-state index in [1.54, 1.807) is 0 Å². The number of aromatic nitrogens is 2. The van der Waals surface area contributed by atoms with E-state index in [2.05, 4.69) is 25.9 Å². The molecule has 9 heteroatoms. The Bertz CT molecular complexity index is 797. The maximum absolute atomic E-state index is 12.2. The average molecular weight is 400 g/mol. The number of hydrogen-bond acceptors (Lipinski definition) is 6. The molecule has 1 amide bonds. The summed E-state index contributed by atoms with van der Waals surface area (Å²) in [5.41, 5.74) is 0.521. The van der Waals surface area contributed by atoms with Crippen LogP contribution >= 0.6 is 15.9 Å². The Kier molecular flexibility index (Phi) is 5.67. The van der Waals surface area contributed by atoms with Crippen molar-refractivity contribution < 1.29 is 17.9 Å². The third-order valence-corrected chi connectivity index (χ3v) is 4.73. The molecule has 0 saturated heterocycles. The predicted octanol–water partition coefficient (Wildman–Crippen LogP) is 1.69. The molecule has 23 heavy (non-hydrogen) atoms. The summed E-state index contributed by atoms with van der Waals surface area (Å²) in [7, 11) is -3.96. The Hall–Kier alpha value is -2.00. The fourth-order valence-electron chi connectivity index (χ4n) is 1.77. The Morgan fingerprint density at radius 2 is 2.00 bits per heavy atom. The van der Waals surface area contributed by atoms with Gasteiger partial charge >= 0.3 is 0 Å². The first-order valence-corrected chi connectivity index (χ1v) is 8.92. The first-order valence-electron chi connectivity index (χ1n) is 6.64. The van der Waals surface area contributed by atoms with Gasteiger partial charge in [0.1, 0.15) is 12.1 Å². The van der Waals surface area contributed by atoms with Crippen LogP contribution in [0.1, 0.15) is 12.5 Å². The van der Waals surface area contributed by atoms with Crippen LogP contribution in [0.5, 0.6) is 5.75 Å². The molecule has 2 rings (SSSR count). The Labute approximate surface area is 142 Å². The molecule has 0 aliphatic heterocycles. The molecule has 0 spiro atoms. The van der Waals surface area contributed by atoms with E-state index in [0.29, 0.717) is 22.4 Å². The van der Waals surface area contributed by atoms with Gasteiger partial charge in [-0.15, -0.1) is 0 Å². The molecule has 0 aliphatic carbocycles. The van der Waals surface area contributed by atoms with E-state index in [1.807, 2.05) is 11.6 Å². The van der Waals surface area contributed by atoms with Crippen molar-refractivity contribution in [1.29, 1.82) is 0 Å². The second kappa shape index (κ2) is 7.51. The largest absolute Gasteiger partial charge is 0.493 e. The van der Waals surface area contributed by atoms with Crippen LogP contribution in [-0.4, -0.2) is 30.9 Å². The molecular formula is C14H14BrN3O4S. The molecule has 1 heterocycles. The van der Waals surface area contributed by atoms with Gasteiger partial charge in [-0.25, -0.2) is 23.1 Å². The van der Waals surface area contributed by atoms with Crippen LogP contribution in [0, 0.1) is 0 Å². The summed E-state index contributed by atoms with van der Waals surface area (Å²) in [4.78, 5) is 19.4. The first kappa shape index (κ1) is 17.4. The SMILES string of the molecule is CCOc1ccc(S(=O)(=O)NC(=O)Cc2cncnc2)cc1Br. The van der Waals surface area contributed by atoms with E-state index in [-0.39, 0.29) is 11.3 Å². The van der Waals surface area contributed by atoms with Gasteiger partial charge in [-0.05, 0) is 46.6 Å². The monoisotopic (exact) mass is 399 g/mol. The highest BCUT2D eigenvalue weighted by atomic mass is 79.9. The number of amides is 1. The molecule has 2 aromatic rings. The van der Waals surface area contributed by atoms with Crippen LogP contribution in [0.3, 0.4) is 0 Å². The van der Waals surface area contributed by atoms with E-state index < -0.39 is 15.9 Å².